The Kier molecular flexibility index (Phi) is 6.36. The van der Waals surface area contributed by atoms with Crippen molar-refractivity contribution in [2.75, 3.05) is 19.5 Å². The Morgan fingerprint density at radius 3 is 2.78 bits per heavy atom. The molecule has 0 N–H and O–H groups in total. The minimum atomic E-state index is -1.11. The van der Waals surface area contributed by atoms with Crippen molar-refractivity contribution in [3.63, 3.8) is 0 Å². The predicted octanol–water partition coefficient (Wildman–Crippen LogP) is 3.68. The number of hydrogen-bond acceptors (Lipinski definition) is 7. The Bertz CT molecular complexity index is 948. The molecular formula is C20H18NO4S2-. The molecule has 0 radical (unpaired) electrons. The number of fused-ring (bicyclic) bond motifs is 1. The first kappa shape index (κ1) is 19.3. The van der Waals surface area contributed by atoms with Crippen LogP contribution in [0.5, 0.6) is 11.5 Å². The third-order valence-corrected chi connectivity index (χ3v) is 5.84. The highest BCUT2D eigenvalue weighted by molar-refractivity contribution is 8.09. The van der Waals surface area contributed by atoms with Crippen LogP contribution in [0.3, 0.4) is 0 Å². The summed E-state index contributed by atoms with van der Waals surface area (Å²) in [5, 5.41) is 11.7. The molecule has 27 heavy (non-hydrogen) atoms. The van der Waals surface area contributed by atoms with Crippen molar-refractivity contribution in [3.05, 3.63) is 53.0 Å². The summed E-state index contributed by atoms with van der Waals surface area (Å²) < 4.78 is 12.0. The van der Waals surface area contributed by atoms with Crippen molar-refractivity contribution in [1.29, 1.82) is 0 Å². The predicted molar refractivity (Wildman–Crippen MR) is 109 cm³/mol. The summed E-state index contributed by atoms with van der Waals surface area (Å²) in [6, 6.07) is 13.4. The number of aromatic nitrogens is 1. The van der Waals surface area contributed by atoms with Crippen LogP contribution in [-0.4, -0.2) is 30.4 Å². The maximum atomic E-state index is 11.0. The highest BCUT2D eigenvalue weighted by atomic mass is 32.2. The van der Waals surface area contributed by atoms with E-state index in [1.165, 1.54) is 23.1 Å². The molecule has 3 aromatic rings. The number of thioether (sulfide) groups is 1. The molecule has 0 fully saturated rings. The smallest absolute Gasteiger partial charge is 0.161 e. The molecule has 1 aromatic heterocycles. The van der Waals surface area contributed by atoms with Crippen molar-refractivity contribution in [2.45, 2.75) is 6.92 Å². The van der Waals surface area contributed by atoms with E-state index in [-0.39, 0.29) is 5.75 Å². The van der Waals surface area contributed by atoms with Crippen LogP contribution in [0.2, 0.25) is 0 Å². The fourth-order valence-corrected chi connectivity index (χ4v) is 4.32. The summed E-state index contributed by atoms with van der Waals surface area (Å²) in [7, 11) is 1.59. The van der Waals surface area contributed by atoms with Gasteiger partial charge in [0.25, 0.3) is 0 Å². The van der Waals surface area contributed by atoms with Gasteiger partial charge in [0.1, 0.15) is 5.01 Å². The van der Waals surface area contributed by atoms with Crippen LogP contribution in [-0.2, 0) is 4.79 Å². The van der Waals surface area contributed by atoms with E-state index in [9.17, 15) is 9.90 Å². The van der Waals surface area contributed by atoms with Crippen LogP contribution in [0.15, 0.2) is 42.5 Å². The highest BCUT2D eigenvalue weighted by Gasteiger charge is 2.11. The number of carboxylic acids is 1. The molecule has 0 unspecified atom stereocenters. The SMILES string of the molecule is CCOc1cc(/C=C(\SCC(=O)[O-])c2nc3ccccc3s2)ccc1OC. The van der Waals surface area contributed by atoms with E-state index in [1.807, 2.05) is 55.5 Å². The van der Waals surface area contributed by atoms with Gasteiger partial charge in [-0.1, -0.05) is 18.2 Å². The maximum Gasteiger partial charge on any atom is 0.161 e. The first-order chi connectivity index (χ1) is 13.1. The van der Waals surface area contributed by atoms with Crippen LogP contribution in [0.1, 0.15) is 17.5 Å². The molecule has 1 heterocycles. The third-order valence-electron chi connectivity index (χ3n) is 3.64. The van der Waals surface area contributed by atoms with Gasteiger partial charge in [0.2, 0.25) is 0 Å². The number of carboxylic acid groups (broad SMARTS) is 1. The molecule has 0 atom stereocenters. The van der Waals surface area contributed by atoms with Crippen LogP contribution in [0, 0.1) is 0 Å². The number of para-hydroxylation sites is 1. The van der Waals surface area contributed by atoms with E-state index in [4.69, 9.17) is 9.47 Å². The lowest BCUT2D eigenvalue weighted by atomic mass is 10.2. The molecule has 0 amide bonds. The average molecular weight is 401 g/mol. The molecule has 140 valence electrons. The molecule has 0 saturated carbocycles. The number of nitrogens with zero attached hydrogens (tertiary/aromatic N) is 1. The van der Waals surface area contributed by atoms with Gasteiger partial charge in [0.15, 0.2) is 11.5 Å². The largest absolute Gasteiger partial charge is 0.549 e. The second kappa shape index (κ2) is 8.92. The molecule has 0 aliphatic rings. The van der Waals surface area contributed by atoms with Crippen LogP contribution in [0.25, 0.3) is 21.2 Å². The quantitative estimate of drug-likeness (QED) is 0.574. The zero-order valence-corrected chi connectivity index (χ0v) is 16.6. The van der Waals surface area contributed by atoms with E-state index in [0.717, 1.165) is 25.7 Å². The lowest BCUT2D eigenvalue weighted by molar-refractivity contribution is -0.301. The van der Waals surface area contributed by atoms with Crippen molar-refractivity contribution < 1.29 is 19.4 Å². The monoisotopic (exact) mass is 400 g/mol. The normalized spacial score (nSPS) is 11.6. The first-order valence-electron chi connectivity index (χ1n) is 8.32. The molecular weight excluding hydrogens is 382 g/mol. The summed E-state index contributed by atoms with van der Waals surface area (Å²) in [5.41, 5.74) is 1.77. The van der Waals surface area contributed by atoms with Crippen LogP contribution in [0.4, 0.5) is 0 Å². The van der Waals surface area contributed by atoms with Gasteiger partial charge in [-0.25, -0.2) is 4.98 Å². The lowest BCUT2D eigenvalue weighted by Gasteiger charge is -2.10. The standard InChI is InChI=1S/C20H19NO4S2/c1-3-25-16-10-13(8-9-15(16)24-2)11-18(26-12-19(22)23)20-21-14-6-4-5-7-17(14)27-20/h4-11H,3,12H2,1-2H3,(H,22,23)/p-1/b18-11-. The third kappa shape index (κ3) is 4.81. The van der Waals surface area contributed by atoms with Crippen molar-refractivity contribution in [2.24, 2.45) is 0 Å². The molecule has 0 aliphatic carbocycles. The number of carbonyl (C=O) groups is 1. The van der Waals surface area contributed by atoms with Crippen molar-refractivity contribution >= 4 is 50.3 Å². The fraction of sp³-hybridized carbons (Fsp3) is 0.200. The summed E-state index contributed by atoms with van der Waals surface area (Å²) in [6.07, 6.45) is 1.91. The van der Waals surface area contributed by atoms with Gasteiger partial charge in [-0.2, -0.15) is 0 Å². The zero-order valence-electron chi connectivity index (χ0n) is 14.9. The summed E-state index contributed by atoms with van der Waals surface area (Å²) in [4.78, 5) is 16.4. The van der Waals surface area contributed by atoms with Gasteiger partial charge in [-0.15, -0.1) is 23.1 Å². The number of rotatable bonds is 8. The average Bonchev–Trinajstić information content (AvgIpc) is 3.09. The van der Waals surface area contributed by atoms with E-state index >= 15 is 0 Å². The molecule has 5 nitrogen and oxygen atoms in total. The summed E-state index contributed by atoms with van der Waals surface area (Å²) >= 11 is 2.73. The summed E-state index contributed by atoms with van der Waals surface area (Å²) in [6.45, 7) is 2.43. The maximum absolute atomic E-state index is 11.0. The van der Waals surface area contributed by atoms with Gasteiger partial charge < -0.3 is 19.4 Å². The molecule has 7 heteroatoms. The number of hydrogen-bond donors (Lipinski definition) is 0. The zero-order chi connectivity index (χ0) is 19.2. The van der Waals surface area contributed by atoms with E-state index in [1.54, 1.807) is 7.11 Å². The topological polar surface area (TPSA) is 71.5 Å². The Balaban J connectivity index is 2.01. The Labute approximate surface area is 165 Å². The van der Waals surface area contributed by atoms with Crippen LogP contribution >= 0.6 is 23.1 Å². The molecule has 0 spiro atoms. The number of carbonyl (C=O) groups excluding carboxylic acids is 1. The fourth-order valence-electron chi connectivity index (χ4n) is 2.48. The Morgan fingerprint density at radius 2 is 2.07 bits per heavy atom. The number of benzene rings is 2. The molecule has 0 bridgehead atoms. The number of thiazole rings is 1. The number of aliphatic carboxylic acids is 1. The van der Waals surface area contributed by atoms with Gasteiger partial charge in [0, 0.05) is 10.7 Å². The first-order valence-corrected chi connectivity index (χ1v) is 10.1. The van der Waals surface area contributed by atoms with E-state index in [2.05, 4.69) is 4.98 Å². The molecule has 0 saturated heterocycles. The minimum Gasteiger partial charge on any atom is -0.549 e. The second-order valence-electron chi connectivity index (χ2n) is 5.50. The summed E-state index contributed by atoms with van der Waals surface area (Å²) in [5.74, 6) is 0.0351. The van der Waals surface area contributed by atoms with Gasteiger partial charge in [-0.3, -0.25) is 0 Å². The minimum absolute atomic E-state index is 0.143. The molecule has 2 aromatic carbocycles. The Hall–Kier alpha value is -2.51. The number of methoxy groups -OCH3 is 1. The van der Waals surface area contributed by atoms with E-state index in [0.29, 0.717) is 18.1 Å². The van der Waals surface area contributed by atoms with E-state index < -0.39 is 5.97 Å². The Morgan fingerprint density at radius 1 is 1.26 bits per heavy atom. The van der Waals surface area contributed by atoms with Crippen LogP contribution < -0.4 is 14.6 Å². The van der Waals surface area contributed by atoms with Crippen molar-refractivity contribution in [1.82, 2.24) is 4.98 Å². The molecule has 0 aliphatic heterocycles. The second-order valence-corrected chi connectivity index (χ2v) is 7.55. The van der Waals surface area contributed by atoms with Gasteiger partial charge in [-0.05, 0) is 42.8 Å². The van der Waals surface area contributed by atoms with Crippen molar-refractivity contribution in [3.8, 4) is 11.5 Å². The lowest BCUT2D eigenvalue weighted by Crippen LogP contribution is -2.24. The molecule has 3 rings (SSSR count). The van der Waals surface area contributed by atoms with Gasteiger partial charge >= 0.3 is 0 Å². The highest BCUT2D eigenvalue weighted by Crippen LogP contribution is 2.36. The van der Waals surface area contributed by atoms with Gasteiger partial charge in [0.05, 0.1) is 29.9 Å². The number of ether oxygens (including phenoxy) is 2.